The van der Waals surface area contributed by atoms with Crippen molar-refractivity contribution in [3.05, 3.63) is 30.1 Å². The third-order valence-electron chi connectivity index (χ3n) is 3.75. The number of piperazine rings is 1. The Balaban J connectivity index is 2.28. The van der Waals surface area contributed by atoms with Crippen LogP contribution in [0.2, 0.25) is 0 Å². The number of rotatable bonds is 3. The van der Waals surface area contributed by atoms with E-state index in [2.05, 4.69) is 10.3 Å². The highest BCUT2D eigenvalue weighted by molar-refractivity contribution is 5.97. The van der Waals surface area contributed by atoms with Gasteiger partial charge in [0.05, 0.1) is 11.7 Å². The Bertz CT molecular complexity index is 489. The number of amides is 2. The number of hydrogen-bond donors (Lipinski definition) is 1. The van der Waals surface area contributed by atoms with Gasteiger partial charge < -0.3 is 10.2 Å². The summed E-state index contributed by atoms with van der Waals surface area (Å²) in [5, 5.41) is 2.78. The highest BCUT2D eigenvalue weighted by Crippen LogP contribution is 2.25. The fourth-order valence-corrected chi connectivity index (χ4v) is 2.28. The SMILES string of the molecule is CCC1(C)NC(=O)CN(C(C)c2ccccn2)C1=O. The summed E-state index contributed by atoms with van der Waals surface area (Å²) in [6, 6.07) is 5.38. The third-order valence-corrected chi connectivity index (χ3v) is 3.75. The van der Waals surface area contributed by atoms with Crippen LogP contribution in [0, 0.1) is 0 Å². The number of hydrogen-bond acceptors (Lipinski definition) is 3. The molecule has 1 aliphatic heterocycles. The van der Waals surface area contributed by atoms with E-state index in [1.807, 2.05) is 32.0 Å². The van der Waals surface area contributed by atoms with Gasteiger partial charge >= 0.3 is 0 Å². The number of nitrogens with zero attached hydrogens (tertiary/aromatic N) is 2. The van der Waals surface area contributed by atoms with Crippen molar-refractivity contribution >= 4 is 11.8 Å². The second kappa shape index (κ2) is 4.99. The first-order chi connectivity index (χ1) is 8.98. The average molecular weight is 261 g/mol. The van der Waals surface area contributed by atoms with Crippen LogP contribution in [0.1, 0.15) is 38.9 Å². The quantitative estimate of drug-likeness (QED) is 0.891. The van der Waals surface area contributed by atoms with E-state index in [9.17, 15) is 9.59 Å². The molecule has 2 unspecified atom stereocenters. The van der Waals surface area contributed by atoms with Gasteiger partial charge in [-0.05, 0) is 32.4 Å². The maximum absolute atomic E-state index is 12.5. The second-order valence-electron chi connectivity index (χ2n) is 5.10. The molecule has 1 aliphatic rings. The first-order valence-electron chi connectivity index (χ1n) is 6.51. The number of carbonyl (C=O) groups excluding carboxylic acids is 2. The summed E-state index contributed by atoms with van der Waals surface area (Å²) in [7, 11) is 0. The maximum Gasteiger partial charge on any atom is 0.249 e. The zero-order valence-corrected chi connectivity index (χ0v) is 11.5. The van der Waals surface area contributed by atoms with Gasteiger partial charge in [-0.2, -0.15) is 0 Å². The van der Waals surface area contributed by atoms with Crippen molar-refractivity contribution in [1.82, 2.24) is 15.2 Å². The van der Waals surface area contributed by atoms with Gasteiger partial charge in [0.15, 0.2) is 0 Å². The van der Waals surface area contributed by atoms with Gasteiger partial charge in [0.25, 0.3) is 0 Å². The topological polar surface area (TPSA) is 62.3 Å². The molecule has 1 aromatic heterocycles. The molecule has 0 spiro atoms. The predicted molar refractivity (Wildman–Crippen MR) is 71.2 cm³/mol. The molecule has 1 aromatic rings. The molecule has 0 saturated carbocycles. The molecule has 5 heteroatoms. The summed E-state index contributed by atoms with van der Waals surface area (Å²) in [6.07, 6.45) is 2.27. The van der Waals surface area contributed by atoms with Crippen molar-refractivity contribution in [1.29, 1.82) is 0 Å². The van der Waals surface area contributed by atoms with Crippen molar-refractivity contribution in [2.75, 3.05) is 6.54 Å². The van der Waals surface area contributed by atoms with E-state index >= 15 is 0 Å². The molecule has 2 atom stereocenters. The molecule has 0 radical (unpaired) electrons. The minimum atomic E-state index is -0.807. The first-order valence-corrected chi connectivity index (χ1v) is 6.51. The van der Waals surface area contributed by atoms with E-state index in [-0.39, 0.29) is 24.4 Å². The molecule has 19 heavy (non-hydrogen) atoms. The zero-order chi connectivity index (χ0) is 14.0. The highest BCUT2D eigenvalue weighted by atomic mass is 16.2. The molecule has 1 N–H and O–H groups in total. The summed E-state index contributed by atoms with van der Waals surface area (Å²) >= 11 is 0. The second-order valence-corrected chi connectivity index (χ2v) is 5.10. The fraction of sp³-hybridized carbons (Fsp3) is 0.500. The molecule has 1 saturated heterocycles. The van der Waals surface area contributed by atoms with E-state index in [4.69, 9.17) is 0 Å². The monoisotopic (exact) mass is 261 g/mol. The molecule has 0 aliphatic carbocycles. The number of pyridine rings is 1. The van der Waals surface area contributed by atoms with Crippen LogP contribution < -0.4 is 5.32 Å². The summed E-state index contributed by atoms with van der Waals surface area (Å²) in [5.41, 5.74) is -0.0118. The molecule has 1 fully saturated rings. The summed E-state index contributed by atoms with van der Waals surface area (Å²) in [4.78, 5) is 30.2. The van der Waals surface area contributed by atoms with Gasteiger partial charge in [0, 0.05) is 6.20 Å². The molecule has 2 heterocycles. The van der Waals surface area contributed by atoms with Gasteiger partial charge in [0.1, 0.15) is 12.1 Å². The van der Waals surface area contributed by atoms with Gasteiger partial charge in [-0.1, -0.05) is 13.0 Å². The molecule has 2 amide bonds. The Hall–Kier alpha value is -1.91. The lowest BCUT2D eigenvalue weighted by molar-refractivity contribution is -0.151. The van der Waals surface area contributed by atoms with Crippen LogP contribution in [-0.2, 0) is 9.59 Å². The minimum Gasteiger partial charge on any atom is -0.340 e. The third kappa shape index (κ3) is 2.45. The number of nitrogens with one attached hydrogen (secondary N) is 1. The summed E-state index contributed by atoms with van der Waals surface area (Å²) in [6.45, 7) is 5.65. The molecular weight excluding hydrogens is 242 g/mol. The van der Waals surface area contributed by atoms with Crippen molar-refractivity contribution in [2.24, 2.45) is 0 Å². The van der Waals surface area contributed by atoms with Crippen LogP contribution in [0.5, 0.6) is 0 Å². The van der Waals surface area contributed by atoms with E-state index in [1.165, 1.54) is 0 Å². The lowest BCUT2D eigenvalue weighted by atomic mass is 9.93. The normalized spacial score (nSPS) is 25.1. The van der Waals surface area contributed by atoms with E-state index < -0.39 is 5.54 Å². The van der Waals surface area contributed by atoms with Crippen molar-refractivity contribution < 1.29 is 9.59 Å². The molecular formula is C14H19N3O2. The van der Waals surface area contributed by atoms with Gasteiger partial charge in [0.2, 0.25) is 11.8 Å². The van der Waals surface area contributed by atoms with Crippen molar-refractivity contribution in [2.45, 2.75) is 38.8 Å². The standard InChI is InChI=1S/C14H19N3O2/c1-4-14(3)13(19)17(9-12(18)16-14)10(2)11-7-5-6-8-15-11/h5-8,10H,4,9H2,1-3H3,(H,16,18). The average Bonchev–Trinajstić information content (AvgIpc) is 2.43. The molecule has 0 bridgehead atoms. The van der Waals surface area contributed by atoms with E-state index in [0.29, 0.717) is 6.42 Å². The van der Waals surface area contributed by atoms with Crippen molar-refractivity contribution in [3.63, 3.8) is 0 Å². The summed E-state index contributed by atoms with van der Waals surface area (Å²) in [5.74, 6) is -0.167. The Kier molecular flexibility index (Phi) is 3.55. The van der Waals surface area contributed by atoms with Gasteiger partial charge in [-0.15, -0.1) is 0 Å². The summed E-state index contributed by atoms with van der Waals surface area (Å²) < 4.78 is 0. The van der Waals surface area contributed by atoms with Gasteiger partial charge in [-0.25, -0.2) is 0 Å². The lowest BCUT2D eigenvalue weighted by Gasteiger charge is -2.41. The van der Waals surface area contributed by atoms with Crippen molar-refractivity contribution in [3.8, 4) is 0 Å². The lowest BCUT2D eigenvalue weighted by Crippen LogP contribution is -2.65. The fourth-order valence-electron chi connectivity index (χ4n) is 2.28. The molecule has 0 aromatic carbocycles. The Morgan fingerprint density at radius 2 is 2.21 bits per heavy atom. The van der Waals surface area contributed by atoms with Crippen LogP contribution in [-0.4, -0.2) is 33.8 Å². The smallest absolute Gasteiger partial charge is 0.249 e. The minimum absolute atomic E-state index is 0.0484. The maximum atomic E-state index is 12.5. The number of aromatic nitrogens is 1. The predicted octanol–water partition coefficient (Wildman–Crippen LogP) is 1.27. The first kappa shape index (κ1) is 13.5. The van der Waals surface area contributed by atoms with Crippen LogP contribution >= 0.6 is 0 Å². The Morgan fingerprint density at radius 3 is 2.79 bits per heavy atom. The van der Waals surface area contributed by atoms with Crippen LogP contribution in [0.15, 0.2) is 24.4 Å². The Morgan fingerprint density at radius 1 is 1.47 bits per heavy atom. The zero-order valence-electron chi connectivity index (χ0n) is 11.5. The van der Waals surface area contributed by atoms with E-state index in [1.54, 1.807) is 18.0 Å². The van der Waals surface area contributed by atoms with Crippen LogP contribution in [0.3, 0.4) is 0 Å². The van der Waals surface area contributed by atoms with Gasteiger partial charge in [-0.3, -0.25) is 14.6 Å². The largest absolute Gasteiger partial charge is 0.340 e. The molecule has 5 nitrogen and oxygen atoms in total. The molecule has 2 rings (SSSR count). The molecule has 102 valence electrons. The Labute approximate surface area is 113 Å². The van der Waals surface area contributed by atoms with Crippen LogP contribution in [0.4, 0.5) is 0 Å². The van der Waals surface area contributed by atoms with Crippen LogP contribution in [0.25, 0.3) is 0 Å². The number of carbonyl (C=O) groups is 2. The highest BCUT2D eigenvalue weighted by Gasteiger charge is 2.43. The van der Waals surface area contributed by atoms with E-state index in [0.717, 1.165) is 5.69 Å².